The summed E-state index contributed by atoms with van der Waals surface area (Å²) in [5.74, 6) is 0.491. The topological polar surface area (TPSA) is 26.0 Å². The third kappa shape index (κ3) is 4.31. The first-order chi connectivity index (χ1) is 9.16. The number of nitrogens with two attached hydrogens (primary N) is 1. The standard InChI is InChI=1S/C17H26FN/c1-13-11-16(18)10-9-15(13)12-17(19)14-7-5-3-2-4-6-8-14/h9-11,14,17H,2-8,12,19H2,1H3. The van der Waals surface area contributed by atoms with Gasteiger partial charge in [0.15, 0.2) is 0 Å². The van der Waals surface area contributed by atoms with Crippen LogP contribution in [0.1, 0.15) is 56.1 Å². The molecule has 0 saturated heterocycles. The number of rotatable bonds is 3. The summed E-state index contributed by atoms with van der Waals surface area (Å²) in [4.78, 5) is 0. The number of hydrogen-bond donors (Lipinski definition) is 1. The Bertz CT molecular complexity index is 394. The summed E-state index contributed by atoms with van der Waals surface area (Å²) >= 11 is 0. The van der Waals surface area contributed by atoms with Crippen molar-refractivity contribution in [3.63, 3.8) is 0 Å². The first kappa shape index (κ1) is 14.5. The van der Waals surface area contributed by atoms with E-state index in [-0.39, 0.29) is 11.9 Å². The molecular weight excluding hydrogens is 237 g/mol. The Kier molecular flexibility index (Phi) is 5.38. The third-order valence-corrected chi connectivity index (χ3v) is 4.52. The van der Waals surface area contributed by atoms with Crippen LogP contribution >= 0.6 is 0 Å². The summed E-state index contributed by atoms with van der Waals surface area (Å²) in [5.41, 5.74) is 8.65. The number of hydrogen-bond acceptors (Lipinski definition) is 1. The first-order valence-electron chi connectivity index (χ1n) is 7.67. The first-order valence-corrected chi connectivity index (χ1v) is 7.67. The van der Waals surface area contributed by atoms with Gasteiger partial charge in [0.05, 0.1) is 0 Å². The van der Waals surface area contributed by atoms with E-state index in [1.54, 1.807) is 12.1 Å². The zero-order valence-electron chi connectivity index (χ0n) is 12.0. The van der Waals surface area contributed by atoms with Crippen LogP contribution in [0.15, 0.2) is 18.2 Å². The van der Waals surface area contributed by atoms with Crippen LogP contribution in [-0.2, 0) is 6.42 Å². The van der Waals surface area contributed by atoms with Gasteiger partial charge in [-0.1, -0.05) is 38.2 Å². The monoisotopic (exact) mass is 263 g/mol. The van der Waals surface area contributed by atoms with Gasteiger partial charge in [-0.15, -0.1) is 0 Å². The van der Waals surface area contributed by atoms with Crippen LogP contribution in [0.4, 0.5) is 4.39 Å². The van der Waals surface area contributed by atoms with E-state index >= 15 is 0 Å². The fourth-order valence-electron chi connectivity index (χ4n) is 3.22. The summed E-state index contributed by atoms with van der Waals surface area (Å²) in [5, 5.41) is 0. The number of benzene rings is 1. The van der Waals surface area contributed by atoms with Crippen LogP contribution in [0.25, 0.3) is 0 Å². The molecule has 106 valence electrons. The van der Waals surface area contributed by atoms with Crippen molar-refractivity contribution in [2.45, 2.75) is 64.3 Å². The van der Waals surface area contributed by atoms with Crippen molar-refractivity contribution in [3.8, 4) is 0 Å². The molecule has 0 aliphatic heterocycles. The molecule has 0 bridgehead atoms. The van der Waals surface area contributed by atoms with Crippen molar-refractivity contribution in [3.05, 3.63) is 35.1 Å². The van der Waals surface area contributed by atoms with Gasteiger partial charge in [-0.05, 0) is 55.4 Å². The average molecular weight is 263 g/mol. The van der Waals surface area contributed by atoms with Crippen molar-refractivity contribution in [1.82, 2.24) is 0 Å². The Morgan fingerprint density at radius 1 is 1.16 bits per heavy atom. The van der Waals surface area contributed by atoms with E-state index in [4.69, 9.17) is 5.73 Å². The highest BCUT2D eigenvalue weighted by atomic mass is 19.1. The van der Waals surface area contributed by atoms with Gasteiger partial charge < -0.3 is 5.73 Å². The number of aryl methyl sites for hydroxylation is 1. The van der Waals surface area contributed by atoms with Crippen molar-refractivity contribution >= 4 is 0 Å². The Labute approximate surface area is 116 Å². The van der Waals surface area contributed by atoms with Gasteiger partial charge in [-0.3, -0.25) is 0 Å². The number of halogens is 1. The van der Waals surface area contributed by atoms with E-state index in [9.17, 15) is 4.39 Å². The van der Waals surface area contributed by atoms with Gasteiger partial charge in [0.2, 0.25) is 0 Å². The smallest absolute Gasteiger partial charge is 0.123 e. The fraction of sp³-hybridized carbons (Fsp3) is 0.647. The van der Waals surface area contributed by atoms with Crippen LogP contribution in [0.5, 0.6) is 0 Å². The van der Waals surface area contributed by atoms with Crippen molar-refractivity contribution in [1.29, 1.82) is 0 Å². The van der Waals surface area contributed by atoms with Gasteiger partial charge in [0, 0.05) is 6.04 Å². The fourth-order valence-corrected chi connectivity index (χ4v) is 3.22. The molecule has 2 rings (SSSR count). The van der Waals surface area contributed by atoms with E-state index in [0.29, 0.717) is 5.92 Å². The summed E-state index contributed by atoms with van der Waals surface area (Å²) in [7, 11) is 0. The highest BCUT2D eigenvalue weighted by Crippen LogP contribution is 2.26. The minimum absolute atomic E-state index is 0.152. The van der Waals surface area contributed by atoms with E-state index in [1.165, 1.54) is 50.5 Å². The van der Waals surface area contributed by atoms with E-state index in [1.807, 2.05) is 13.0 Å². The van der Waals surface area contributed by atoms with Gasteiger partial charge in [0.1, 0.15) is 5.82 Å². The molecule has 1 atom stereocenters. The summed E-state index contributed by atoms with van der Waals surface area (Å²) in [6, 6.07) is 5.28. The molecule has 2 heteroatoms. The lowest BCUT2D eigenvalue weighted by molar-refractivity contribution is 0.321. The van der Waals surface area contributed by atoms with E-state index in [0.717, 1.165) is 12.0 Å². The molecule has 0 spiro atoms. The van der Waals surface area contributed by atoms with Gasteiger partial charge in [-0.2, -0.15) is 0 Å². The third-order valence-electron chi connectivity index (χ3n) is 4.52. The molecule has 0 amide bonds. The second kappa shape index (κ2) is 7.04. The minimum atomic E-state index is -0.152. The lowest BCUT2D eigenvalue weighted by atomic mass is 9.83. The molecule has 1 nitrogen and oxygen atoms in total. The zero-order chi connectivity index (χ0) is 13.7. The van der Waals surface area contributed by atoms with Crippen LogP contribution in [-0.4, -0.2) is 6.04 Å². The van der Waals surface area contributed by atoms with Gasteiger partial charge in [-0.25, -0.2) is 4.39 Å². The maximum atomic E-state index is 13.1. The Morgan fingerprint density at radius 3 is 2.42 bits per heavy atom. The van der Waals surface area contributed by atoms with Crippen molar-refractivity contribution in [2.75, 3.05) is 0 Å². The van der Waals surface area contributed by atoms with Gasteiger partial charge in [0.25, 0.3) is 0 Å². The summed E-state index contributed by atoms with van der Waals surface area (Å²) < 4.78 is 13.1. The molecule has 0 aromatic heterocycles. The largest absolute Gasteiger partial charge is 0.327 e. The molecule has 1 aliphatic rings. The molecule has 0 radical (unpaired) electrons. The predicted molar refractivity (Wildman–Crippen MR) is 78.6 cm³/mol. The molecule has 1 fully saturated rings. The highest BCUT2D eigenvalue weighted by Gasteiger charge is 2.19. The Balaban J connectivity index is 1.96. The Hall–Kier alpha value is -0.890. The molecular formula is C17H26FN. The SMILES string of the molecule is Cc1cc(F)ccc1CC(N)C1CCCCCCC1. The molecule has 1 aliphatic carbocycles. The zero-order valence-corrected chi connectivity index (χ0v) is 12.0. The van der Waals surface area contributed by atoms with Crippen molar-refractivity contribution < 1.29 is 4.39 Å². The Morgan fingerprint density at radius 2 is 1.79 bits per heavy atom. The predicted octanol–water partition coefficient (Wildman–Crippen LogP) is 4.36. The quantitative estimate of drug-likeness (QED) is 0.861. The van der Waals surface area contributed by atoms with Crippen LogP contribution in [0.2, 0.25) is 0 Å². The van der Waals surface area contributed by atoms with E-state index in [2.05, 4.69) is 0 Å². The van der Waals surface area contributed by atoms with Crippen LogP contribution in [0.3, 0.4) is 0 Å². The van der Waals surface area contributed by atoms with Crippen molar-refractivity contribution in [2.24, 2.45) is 11.7 Å². The molecule has 2 N–H and O–H groups in total. The minimum Gasteiger partial charge on any atom is -0.327 e. The second-order valence-corrected chi connectivity index (χ2v) is 6.04. The average Bonchev–Trinajstić information content (AvgIpc) is 2.32. The maximum absolute atomic E-state index is 13.1. The normalized spacial score (nSPS) is 19.7. The maximum Gasteiger partial charge on any atom is 0.123 e. The molecule has 19 heavy (non-hydrogen) atoms. The second-order valence-electron chi connectivity index (χ2n) is 6.04. The van der Waals surface area contributed by atoms with Crippen LogP contribution in [0, 0.1) is 18.7 Å². The highest BCUT2D eigenvalue weighted by molar-refractivity contribution is 5.27. The molecule has 1 aromatic rings. The van der Waals surface area contributed by atoms with E-state index < -0.39 is 0 Å². The lowest BCUT2D eigenvalue weighted by Crippen LogP contribution is -2.33. The summed E-state index contributed by atoms with van der Waals surface area (Å²) in [6.45, 7) is 1.98. The van der Waals surface area contributed by atoms with Crippen LogP contribution < -0.4 is 5.73 Å². The molecule has 0 heterocycles. The molecule has 1 aromatic carbocycles. The lowest BCUT2D eigenvalue weighted by Gasteiger charge is -2.26. The van der Waals surface area contributed by atoms with Gasteiger partial charge >= 0.3 is 0 Å². The summed E-state index contributed by atoms with van der Waals surface area (Å²) in [6.07, 6.45) is 10.2. The molecule has 1 saturated carbocycles. The molecule has 1 unspecified atom stereocenters.